The number of hydrogen-bond donors (Lipinski definition) is 0. The summed E-state index contributed by atoms with van der Waals surface area (Å²) in [6.07, 6.45) is 1.73. The average molecular weight is 383 g/mol. The topological polar surface area (TPSA) is 29.3 Å². The van der Waals surface area contributed by atoms with Crippen LogP contribution < -0.4 is 0 Å². The van der Waals surface area contributed by atoms with Crippen LogP contribution in [0.3, 0.4) is 0 Å². The molecule has 0 bridgehead atoms. The first kappa shape index (κ1) is 14.6. The van der Waals surface area contributed by atoms with Crippen molar-refractivity contribution in [1.29, 1.82) is 0 Å². The summed E-state index contributed by atoms with van der Waals surface area (Å²) in [5, 5.41) is 0. The Morgan fingerprint density at radius 2 is 1.56 bits per heavy atom. The molecular weight excluding hydrogens is 362 g/mol. The Labute approximate surface area is 126 Å². The molecule has 2 rings (SSSR count). The Kier molecular flexibility index (Phi) is 3.34. The van der Waals surface area contributed by atoms with Crippen molar-refractivity contribution in [1.82, 2.24) is 4.90 Å². The number of alkyl halides is 2. The van der Waals surface area contributed by atoms with E-state index in [1.165, 1.54) is 0 Å². The third-order valence-corrected chi connectivity index (χ3v) is 6.88. The summed E-state index contributed by atoms with van der Waals surface area (Å²) in [7, 11) is 0. The van der Waals surface area contributed by atoms with Crippen LogP contribution in [-0.2, 0) is 4.74 Å². The van der Waals surface area contributed by atoms with Crippen molar-refractivity contribution in [2.24, 2.45) is 0 Å². The van der Waals surface area contributed by atoms with Gasteiger partial charge in [-0.2, -0.15) is 0 Å². The molecule has 18 heavy (non-hydrogen) atoms. The molecule has 1 aliphatic carbocycles. The minimum Gasteiger partial charge on any atom is -0.444 e. The van der Waals surface area contributed by atoms with E-state index in [4.69, 9.17) is 4.74 Å². The van der Waals surface area contributed by atoms with Crippen molar-refractivity contribution in [2.45, 2.75) is 73.8 Å². The summed E-state index contributed by atoms with van der Waals surface area (Å²) in [5.41, 5.74) is -0.585. The van der Waals surface area contributed by atoms with Gasteiger partial charge in [-0.3, -0.25) is 4.90 Å². The fourth-order valence-electron chi connectivity index (χ4n) is 3.08. The normalized spacial score (nSPS) is 43.4. The molecule has 1 amide bonds. The molecule has 3 nitrogen and oxygen atoms in total. The molecule has 0 spiro atoms. The summed E-state index contributed by atoms with van der Waals surface area (Å²) in [5.74, 6) is 0. The number of halogens is 2. The minimum absolute atomic E-state index is 0.0756. The molecule has 2 aliphatic rings. The highest BCUT2D eigenvalue weighted by molar-refractivity contribution is 9.12. The largest absolute Gasteiger partial charge is 0.444 e. The van der Waals surface area contributed by atoms with Gasteiger partial charge in [0.05, 0.1) is 11.1 Å². The van der Waals surface area contributed by atoms with Crippen molar-refractivity contribution in [2.75, 3.05) is 0 Å². The lowest BCUT2D eigenvalue weighted by molar-refractivity contribution is 0.0358. The van der Waals surface area contributed by atoms with Gasteiger partial charge in [-0.05, 0) is 47.5 Å². The lowest BCUT2D eigenvalue weighted by Crippen LogP contribution is -2.36. The van der Waals surface area contributed by atoms with Crippen molar-refractivity contribution >= 4 is 38.0 Å². The maximum atomic E-state index is 12.3. The van der Waals surface area contributed by atoms with Crippen molar-refractivity contribution in [3.63, 3.8) is 0 Å². The molecule has 1 saturated carbocycles. The van der Waals surface area contributed by atoms with Crippen LogP contribution in [0.2, 0.25) is 0 Å². The molecule has 0 aromatic heterocycles. The van der Waals surface area contributed by atoms with Crippen LogP contribution in [0, 0.1) is 0 Å². The molecule has 0 unspecified atom stereocenters. The zero-order chi connectivity index (χ0) is 13.9. The lowest BCUT2D eigenvalue weighted by Gasteiger charge is -2.28. The van der Waals surface area contributed by atoms with E-state index in [2.05, 4.69) is 45.7 Å². The first-order valence-corrected chi connectivity index (χ1v) is 8.16. The van der Waals surface area contributed by atoms with Crippen LogP contribution in [-0.4, -0.2) is 37.3 Å². The highest BCUT2D eigenvalue weighted by Crippen LogP contribution is 2.62. The monoisotopic (exact) mass is 381 g/mol. The van der Waals surface area contributed by atoms with Gasteiger partial charge in [0.2, 0.25) is 0 Å². The SMILES string of the molecule is CC(C)(C)OC(=O)N1[C@@]2(C)C[C@@H](Br)[C@H](Br)C[C@]12C. The number of rotatable bonds is 0. The van der Waals surface area contributed by atoms with Gasteiger partial charge in [-0.25, -0.2) is 4.79 Å². The minimum atomic E-state index is -0.433. The number of carbonyl (C=O) groups excluding carboxylic acids is 1. The third kappa shape index (κ3) is 2.11. The highest BCUT2D eigenvalue weighted by Gasteiger charge is 2.74. The number of likely N-dealkylation sites (tertiary alicyclic amines) is 1. The van der Waals surface area contributed by atoms with E-state index in [0.717, 1.165) is 12.8 Å². The van der Waals surface area contributed by atoms with Crippen LogP contribution in [0.15, 0.2) is 0 Å². The Morgan fingerprint density at radius 3 is 1.89 bits per heavy atom. The average Bonchev–Trinajstić information content (AvgIpc) is 2.59. The standard InChI is InChI=1S/C13H21Br2NO2/c1-11(2,3)18-10(17)16-12(4)6-8(14)9(15)7-13(12,16)5/h8-9H,6-7H2,1-5H3/t8-,9-,12+,13+/m1/s1. The molecule has 5 heteroatoms. The number of carbonyl (C=O) groups is 1. The Balaban J connectivity index is 2.15. The maximum absolute atomic E-state index is 12.3. The molecule has 1 aliphatic heterocycles. The van der Waals surface area contributed by atoms with Gasteiger partial charge in [-0.1, -0.05) is 31.9 Å². The quantitative estimate of drug-likeness (QED) is 0.466. The molecular formula is C13H21Br2NO2. The van der Waals surface area contributed by atoms with Crippen LogP contribution >= 0.6 is 31.9 Å². The van der Waals surface area contributed by atoms with Gasteiger partial charge in [0, 0.05) is 9.65 Å². The van der Waals surface area contributed by atoms with E-state index in [0.29, 0.717) is 9.65 Å². The van der Waals surface area contributed by atoms with Crippen molar-refractivity contribution in [3.05, 3.63) is 0 Å². The molecule has 0 aromatic rings. The molecule has 0 radical (unpaired) electrons. The molecule has 0 aromatic carbocycles. The van der Waals surface area contributed by atoms with Crippen LogP contribution in [0.1, 0.15) is 47.5 Å². The van der Waals surface area contributed by atoms with Crippen LogP contribution in [0.4, 0.5) is 4.79 Å². The zero-order valence-corrected chi connectivity index (χ0v) is 14.8. The fraction of sp³-hybridized carbons (Fsp3) is 0.923. The zero-order valence-electron chi connectivity index (χ0n) is 11.6. The summed E-state index contributed by atoms with van der Waals surface area (Å²) < 4.78 is 5.51. The Hall–Kier alpha value is 0.230. The van der Waals surface area contributed by atoms with E-state index >= 15 is 0 Å². The molecule has 2 fully saturated rings. The summed E-state index contributed by atoms with van der Waals surface area (Å²) >= 11 is 7.38. The van der Waals surface area contributed by atoms with E-state index in [1.807, 2.05) is 25.7 Å². The second kappa shape index (κ2) is 4.11. The number of ether oxygens (including phenoxy) is 1. The van der Waals surface area contributed by atoms with E-state index in [1.54, 1.807) is 0 Å². The molecule has 1 saturated heterocycles. The van der Waals surface area contributed by atoms with Gasteiger partial charge in [-0.15, -0.1) is 0 Å². The predicted molar refractivity (Wildman–Crippen MR) is 79.5 cm³/mol. The Morgan fingerprint density at radius 1 is 1.17 bits per heavy atom. The summed E-state index contributed by atoms with van der Waals surface area (Å²) in [4.78, 5) is 15.0. The second-order valence-electron chi connectivity index (χ2n) is 6.80. The highest BCUT2D eigenvalue weighted by atomic mass is 79.9. The van der Waals surface area contributed by atoms with Gasteiger partial charge >= 0.3 is 6.09 Å². The van der Waals surface area contributed by atoms with Crippen molar-refractivity contribution < 1.29 is 9.53 Å². The molecule has 0 N–H and O–H groups in total. The smallest absolute Gasteiger partial charge is 0.411 e. The van der Waals surface area contributed by atoms with Gasteiger partial charge in [0.15, 0.2) is 0 Å². The number of hydrogen-bond acceptors (Lipinski definition) is 2. The molecule has 1 heterocycles. The maximum Gasteiger partial charge on any atom is 0.411 e. The third-order valence-electron chi connectivity index (χ3n) is 4.25. The Bertz CT molecular complexity index is 360. The van der Waals surface area contributed by atoms with Crippen molar-refractivity contribution in [3.8, 4) is 0 Å². The fourth-order valence-corrected chi connectivity index (χ4v) is 4.72. The van der Waals surface area contributed by atoms with Gasteiger partial charge in [0.1, 0.15) is 5.60 Å². The first-order valence-electron chi connectivity index (χ1n) is 6.33. The number of amides is 1. The predicted octanol–water partition coefficient (Wildman–Crippen LogP) is 4.08. The first-order chi connectivity index (χ1) is 8.01. The van der Waals surface area contributed by atoms with E-state index in [9.17, 15) is 4.79 Å². The lowest BCUT2D eigenvalue weighted by atomic mass is 9.82. The number of nitrogens with zero attached hydrogens (tertiary/aromatic N) is 1. The number of fused-ring (bicyclic) bond motifs is 1. The van der Waals surface area contributed by atoms with Crippen LogP contribution in [0.5, 0.6) is 0 Å². The van der Waals surface area contributed by atoms with E-state index in [-0.39, 0.29) is 17.2 Å². The van der Waals surface area contributed by atoms with Gasteiger partial charge < -0.3 is 4.74 Å². The van der Waals surface area contributed by atoms with Crippen LogP contribution in [0.25, 0.3) is 0 Å². The molecule has 104 valence electrons. The molecule has 4 atom stereocenters. The summed E-state index contributed by atoms with van der Waals surface area (Å²) in [6, 6.07) is 0. The second-order valence-corrected chi connectivity index (χ2v) is 9.16. The van der Waals surface area contributed by atoms with E-state index < -0.39 is 5.60 Å². The summed E-state index contributed by atoms with van der Waals surface area (Å²) in [6.45, 7) is 10.0. The van der Waals surface area contributed by atoms with Gasteiger partial charge in [0.25, 0.3) is 0 Å².